The number of fused-ring (bicyclic) bond motifs is 2. The minimum Gasteiger partial charge on any atom is -0.253 e. The zero-order chi connectivity index (χ0) is 18.5. The molecular weight excluding hydrogens is 345 g/mol. The number of hydrogen-bond acceptors (Lipinski definition) is 1. The molecule has 3 heteroatoms. The fourth-order valence-electron chi connectivity index (χ4n) is 4.12. The van der Waals surface area contributed by atoms with Crippen molar-refractivity contribution in [3.63, 3.8) is 0 Å². The van der Waals surface area contributed by atoms with Crippen LogP contribution < -0.4 is 0 Å². The Hall–Kier alpha value is -1.93. The van der Waals surface area contributed by atoms with Gasteiger partial charge in [0.15, 0.2) is 0 Å². The first-order valence-electron chi connectivity index (χ1n) is 9.20. The van der Waals surface area contributed by atoms with Crippen LogP contribution >= 0.6 is 11.6 Å². The molecule has 3 aromatic rings. The maximum atomic E-state index is 14.8. The third kappa shape index (κ3) is 3.01. The van der Waals surface area contributed by atoms with Crippen molar-refractivity contribution in [2.24, 2.45) is 11.3 Å². The Morgan fingerprint density at radius 2 is 1.88 bits per heavy atom. The third-order valence-corrected chi connectivity index (χ3v) is 5.92. The number of rotatable bonds is 1. The lowest BCUT2D eigenvalue weighted by Gasteiger charge is -2.35. The molecule has 134 valence electrons. The summed E-state index contributed by atoms with van der Waals surface area (Å²) in [4.78, 5) is 4.91. The van der Waals surface area contributed by atoms with Crippen molar-refractivity contribution in [3.05, 3.63) is 64.6 Å². The summed E-state index contributed by atoms with van der Waals surface area (Å²) in [6.07, 6.45) is 2.99. The number of pyridine rings is 1. The van der Waals surface area contributed by atoms with Gasteiger partial charge in [-0.05, 0) is 66.0 Å². The van der Waals surface area contributed by atoms with E-state index in [0.29, 0.717) is 16.5 Å². The van der Waals surface area contributed by atoms with Crippen molar-refractivity contribution < 1.29 is 4.39 Å². The third-order valence-electron chi connectivity index (χ3n) is 5.68. The van der Waals surface area contributed by atoms with E-state index in [1.165, 1.54) is 11.6 Å². The lowest BCUT2D eigenvalue weighted by molar-refractivity contribution is 0.215. The van der Waals surface area contributed by atoms with E-state index in [-0.39, 0.29) is 11.2 Å². The quantitative estimate of drug-likeness (QED) is 0.458. The van der Waals surface area contributed by atoms with Crippen LogP contribution in [0.3, 0.4) is 0 Å². The average molecular weight is 368 g/mol. The molecule has 1 aromatic heterocycles. The number of halogens is 2. The number of aromatic nitrogens is 1. The summed E-state index contributed by atoms with van der Waals surface area (Å²) in [5, 5.41) is 1.59. The van der Waals surface area contributed by atoms with Gasteiger partial charge >= 0.3 is 0 Å². The molecule has 0 radical (unpaired) electrons. The molecule has 26 heavy (non-hydrogen) atoms. The molecule has 0 aliphatic heterocycles. The van der Waals surface area contributed by atoms with Crippen molar-refractivity contribution >= 4 is 22.5 Å². The molecule has 0 bridgehead atoms. The molecule has 1 aliphatic carbocycles. The van der Waals surface area contributed by atoms with E-state index in [0.717, 1.165) is 41.4 Å². The second kappa shape index (κ2) is 6.35. The fraction of sp³-hybridized carbons (Fsp3) is 0.348. The highest BCUT2D eigenvalue weighted by Gasteiger charge is 2.32. The lowest BCUT2D eigenvalue weighted by Crippen LogP contribution is -2.28. The number of benzene rings is 2. The predicted octanol–water partition coefficient (Wildman–Crippen LogP) is 6.85. The normalized spacial score (nSPS) is 17.3. The van der Waals surface area contributed by atoms with Gasteiger partial charge in [0.25, 0.3) is 0 Å². The first kappa shape index (κ1) is 17.5. The van der Waals surface area contributed by atoms with Crippen LogP contribution in [0.5, 0.6) is 0 Å². The summed E-state index contributed by atoms with van der Waals surface area (Å²) in [6.45, 7) is 6.87. The van der Waals surface area contributed by atoms with E-state index in [4.69, 9.17) is 16.6 Å². The molecule has 1 nitrogen and oxygen atoms in total. The highest BCUT2D eigenvalue weighted by molar-refractivity contribution is 6.31. The number of aryl methyl sites for hydroxylation is 1. The Morgan fingerprint density at radius 1 is 1.12 bits per heavy atom. The fourth-order valence-corrected chi connectivity index (χ4v) is 4.29. The SMILES string of the molecule is CC(C)(C)[C@H]1CCc2nc3ccc(Cl)cc3c(-c3ccccc3F)c2C1. The van der Waals surface area contributed by atoms with Crippen molar-refractivity contribution in [1.82, 2.24) is 4.98 Å². The van der Waals surface area contributed by atoms with Gasteiger partial charge in [0.1, 0.15) is 5.82 Å². The average Bonchev–Trinajstić information content (AvgIpc) is 2.59. The maximum Gasteiger partial charge on any atom is 0.131 e. The van der Waals surface area contributed by atoms with Crippen molar-refractivity contribution in [3.8, 4) is 11.1 Å². The minimum absolute atomic E-state index is 0.194. The van der Waals surface area contributed by atoms with Crippen LogP contribution in [0.15, 0.2) is 42.5 Å². The molecule has 0 spiro atoms. The maximum absolute atomic E-state index is 14.8. The molecule has 1 atom stereocenters. The Bertz CT molecular complexity index is 987. The minimum atomic E-state index is -0.194. The Balaban J connectivity index is 2.03. The van der Waals surface area contributed by atoms with Gasteiger partial charge in [0.05, 0.1) is 5.52 Å². The summed E-state index contributed by atoms with van der Waals surface area (Å²) in [7, 11) is 0. The van der Waals surface area contributed by atoms with Crippen LogP contribution in [-0.2, 0) is 12.8 Å². The topological polar surface area (TPSA) is 12.9 Å². The Morgan fingerprint density at radius 3 is 2.62 bits per heavy atom. The lowest BCUT2D eigenvalue weighted by atomic mass is 9.70. The van der Waals surface area contributed by atoms with Crippen LogP contribution in [0.25, 0.3) is 22.0 Å². The Kier molecular flexibility index (Phi) is 4.27. The first-order chi connectivity index (χ1) is 12.3. The van der Waals surface area contributed by atoms with Gasteiger partial charge in [0, 0.05) is 21.7 Å². The first-order valence-corrected chi connectivity index (χ1v) is 9.58. The molecule has 1 heterocycles. The van der Waals surface area contributed by atoms with Gasteiger partial charge in [-0.3, -0.25) is 4.98 Å². The number of nitrogens with zero attached hydrogens (tertiary/aromatic N) is 1. The monoisotopic (exact) mass is 367 g/mol. The van der Waals surface area contributed by atoms with Crippen molar-refractivity contribution in [2.45, 2.75) is 40.0 Å². The van der Waals surface area contributed by atoms with Gasteiger partial charge in [-0.25, -0.2) is 4.39 Å². The van der Waals surface area contributed by atoms with Crippen molar-refractivity contribution in [1.29, 1.82) is 0 Å². The highest BCUT2D eigenvalue weighted by Crippen LogP contribution is 2.43. The summed E-state index contributed by atoms with van der Waals surface area (Å²) >= 11 is 6.28. The molecule has 0 amide bonds. The molecular formula is C23H23ClFN. The van der Waals surface area contributed by atoms with E-state index in [2.05, 4.69) is 20.8 Å². The highest BCUT2D eigenvalue weighted by atomic mass is 35.5. The predicted molar refractivity (Wildman–Crippen MR) is 107 cm³/mol. The second-order valence-corrected chi connectivity index (χ2v) is 8.80. The second-order valence-electron chi connectivity index (χ2n) is 8.36. The molecule has 4 rings (SSSR count). The molecule has 0 N–H and O–H groups in total. The van der Waals surface area contributed by atoms with E-state index >= 15 is 0 Å². The van der Waals surface area contributed by atoms with E-state index in [1.807, 2.05) is 30.3 Å². The van der Waals surface area contributed by atoms with Gasteiger partial charge in [-0.15, -0.1) is 0 Å². The summed E-state index contributed by atoms with van der Waals surface area (Å²) < 4.78 is 14.8. The van der Waals surface area contributed by atoms with E-state index < -0.39 is 0 Å². The van der Waals surface area contributed by atoms with Crippen molar-refractivity contribution in [2.75, 3.05) is 0 Å². The summed E-state index contributed by atoms with van der Waals surface area (Å²) in [5.41, 5.74) is 5.02. The van der Waals surface area contributed by atoms with E-state index in [9.17, 15) is 4.39 Å². The van der Waals surface area contributed by atoms with Gasteiger partial charge in [-0.1, -0.05) is 50.6 Å². The molecule has 0 saturated heterocycles. The summed E-state index contributed by atoms with van der Waals surface area (Å²) in [5.74, 6) is 0.360. The van der Waals surface area contributed by atoms with Crippen LogP contribution in [0.1, 0.15) is 38.4 Å². The molecule has 2 aromatic carbocycles. The van der Waals surface area contributed by atoms with Crippen LogP contribution in [0.2, 0.25) is 5.02 Å². The zero-order valence-electron chi connectivity index (χ0n) is 15.4. The molecule has 0 saturated carbocycles. The molecule has 0 fully saturated rings. The van der Waals surface area contributed by atoms with E-state index in [1.54, 1.807) is 6.07 Å². The Labute approximate surface area is 159 Å². The van der Waals surface area contributed by atoms with Crippen LogP contribution in [0, 0.1) is 17.2 Å². The molecule has 1 aliphatic rings. The zero-order valence-corrected chi connectivity index (χ0v) is 16.2. The smallest absolute Gasteiger partial charge is 0.131 e. The van der Waals surface area contributed by atoms with Gasteiger partial charge in [0.2, 0.25) is 0 Å². The summed E-state index contributed by atoms with van der Waals surface area (Å²) in [6, 6.07) is 12.7. The van der Waals surface area contributed by atoms with Gasteiger partial charge < -0.3 is 0 Å². The van der Waals surface area contributed by atoms with Gasteiger partial charge in [-0.2, -0.15) is 0 Å². The van der Waals surface area contributed by atoms with Crippen LogP contribution in [-0.4, -0.2) is 4.98 Å². The van der Waals surface area contributed by atoms with Crippen LogP contribution in [0.4, 0.5) is 4.39 Å². The molecule has 0 unspecified atom stereocenters. The standard InChI is InChI=1S/C23H23ClFN/c1-23(2,3)14-8-10-20-17(12-14)22(16-6-4-5-7-19(16)25)18-13-15(24)9-11-21(18)26-20/h4-7,9,11,13-14H,8,10,12H2,1-3H3/t14-/m0/s1. The number of hydrogen-bond donors (Lipinski definition) is 0. The largest absolute Gasteiger partial charge is 0.253 e.